The van der Waals surface area contributed by atoms with E-state index in [1.165, 1.54) is 5.39 Å². The number of amides is 1. The Hall–Kier alpha value is -4.07. The van der Waals surface area contributed by atoms with Crippen LogP contribution in [0.4, 0.5) is 5.69 Å². The lowest BCUT2D eigenvalue weighted by Gasteiger charge is -2.36. The third-order valence-corrected chi connectivity index (χ3v) is 6.72. The van der Waals surface area contributed by atoms with Crippen LogP contribution in [-0.2, 0) is 16.1 Å². The van der Waals surface area contributed by atoms with Gasteiger partial charge in [-0.15, -0.1) is 0 Å². The molecule has 1 amide bonds. The smallest absolute Gasteiger partial charge is 0.241 e. The Balaban J connectivity index is 1.11. The first-order valence-corrected chi connectivity index (χ1v) is 13.3. The summed E-state index contributed by atoms with van der Waals surface area (Å²) in [6.07, 6.45) is 0.765. The number of para-hydroxylation sites is 1. The topological polar surface area (TPSA) is 69.3 Å². The van der Waals surface area contributed by atoms with Crippen molar-refractivity contribution in [3.05, 3.63) is 96.6 Å². The van der Waals surface area contributed by atoms with Gasteiger partial charge in [0.1, 0.15) is 23.9 Å². The van der Waals surface area contributed by atoms with Crippen molar-refractivity contribution >= 4 is 22.4 Å². The van der Waals surface area contributed by atoms with E-state index in [1.54, 1.807) is 7.11 Å². The molecule has 7 heteroatoms. The molecule has 39 heavy (non-hydrogen) atoms. The zero-order valence-corrected chi connectivity index (χ0v) is 22.2. The quantitative estimate of drug-likeness (QED) is 0.255. The average molecular weight is 527 g/mol. The summed E-state index contributed by atoms with van der Waals surface area (Å²) in [6.45, 7) is 2.99. The van der Waals surface area contributed by atoms with Crippen molar-refractivity contribution in [2.75, 3.05) is 44.9 Å². The summed E-state index contributed by atoms with van der Waals surface area (Å²) >= 11 is 0. The number of carbonyl (C=O) groups excluding carboxylic acids is 1. The molecule has 1 fully saturated rings. The van der Waals surface area contributed by atoms with Crippen LogP contribution < -0.4 is 24.4 Å². The maximum Gasteiger partial charge on any atom is 0.241 e. The van der Waals surface area contributed by atoms with Gasteiger partial charge in [0.05, 0.1) is 39.5 Å². The number of methoxy groups -OCH3 is 1. The van der Waals surface area contributed by atoms with Crippen LogP contribution in [0.25, 0.3) is 10.8 Å². The summed E-state index contributed by atoms with van der Waals surface area (Å²) in [7, 11) is 1.66. The monoisotopic (exact) mass is 526 g/mol. The van der Waals surface area contributed by atoms with Gasteiger partial charge in [-0.25, -0.2) is 0 Å². The SMILES string of the molecule is COc1ccccc1COCCCOc1ccc(N2C(=O)CNC[C@@H]2COc2ccc3ccccc3c2)cc1. The molecule has 0 saturated carbocycles. The van der Waals surface area contributed by atoms with Crippen LogP contribution in [0.1, 0.15) is 12.0 Å². The first kappa shape index (κ1) is 26.5. The zero-order valence-electron chi connectivity index (χ0n) is 22.2. The van der Waals surface area contributed by atoms with Crippen molar-refractivity contribution in [3.63, 3.8) is 0 Å². The molecule has 5 rings (SSSR count). The fourth-order valence-corrected chi connectivity index (χ4v) is 4.72. The van der Waals surface area contributed by atoms with Gasteiger partial charge in [0.2, 0.25) is 5.91 Å². The van der Waals surface area contributed by atoms with Gasteiger partial charge in [-0.3, -0.25) is 4.79 Å². The Bertz CT molecular complexity index is 1370. The second-order valence-electron chi connectivity index (χ2n) is 9.43. The fraction of sp³-hybridized carbons (Fsp3) is 0.281. The van der Waals surface area contributed by atoms with Crippen LogP contribution in [0.2, 0.25) is 0 Å². The Labute approximate surface area is 229 Å². The lowest BCUT2D eigenvalue weighted by Crippen LogP contribution is -2.57. The number of ether oxygens (including phenoxy) is 4. The minimum Gasteiger partial charge on any atom is -0.496 e. The van der Waals surface area contributed by atoms with Gasteiger partial charge >= 0.3 is 0 Å². The van der Waals surface area contributed by atoms with E-state index in [0.717, 1.165) is 40.3 Å². The first-order valence-electron chi connectivity index (χ1n) is 13.3. The van der Waals surface area contributed by atoms with Gasteiger partial charge in [0.25, 0.3) is 0 Å². The summed E-state index contributed by atoms with van der Waals surface area (Å²) in [4.78, 5) is 14.7. The molecule has 0 bridgehead atoms. The largest absolute Gasteiger partial charge is 0.496 e. The molecule has 202 valence electrons. The molecule has 0 aromatic heterocycles. The van der Waals surface area contributed by atoms with Crippen molar-refractivity contribution in [2.45, 2.75) is 19.1 Å². The Morgan fingerprint density at radius 3 is 2.46 bits per heavy atom. The van der Waals surface area contributed by atoms with E-state index in [-0.39, 0.29) is 11.9 Å². The van der Waals surface area contributed by atoms with E-state index >= 15 is 0 Å². The number of nitrogens with zero attached hydrogens (tertiary/aromatic N) is 1. The standard InChI is InChI=1S/C32H34N2O5/c1-36-31-10-5-4-9-26(31)22-37-17-6-18-38-29-15-12-27(13-16-29)34-28(20-33-21-32(34)35)23-39-30-14-11-24-7-2-3-8-25(24)19-30/h2-5,7-16,19,28,33H,6,17-18,20-23H2,1H3/t28-/m1/s1. The van der Waals surface area contributed by atoms with Crippen molar-refractivity contribution in [2.24, 2.45) is 0 Å². The molecule has 7 nitrogen and oxygen atoms in total. The molecule has 1 aliphatic rings. The first-order chi connectivity index (χ1) is 19.2. The van der Waals surface area contributed by atoms with E-state index in [1.807, 2.05) is 77.7 Å². The number of benzene rings is 4. The second-order valence-corrected chi connectivity index (χ2v) is 9.43. The third kappa shape index (κ3) is 6.88. The van der Waals surface area contributed by atoms with E-state index in [2.05, 4.69) is 23.5 Å². The summed E-state index contributed by atoms with van der Waals surface area (Å²) in [5.41, 5.74) is 1.86. The van der Waals surface area contributed by atoms with E-state index in [4.69, 9.17) is 18.9 Å². The molecule has 4 aromatic rings. The molecule has 0 spiro atoms. The van der Waals surface area contributed by atoms with Crippen LogP contribution in [0.3, 0.4) is 0 Å². The highest BCUT2D eigenvalue weighted by Crippen LogP contribution is 2.25. The summed E-state index contributed by atoms with van der Waals surface area (Å²) in [5, 5.41) is 5.51. The van der Waals surface area contributed by atoms with Crippen molar-refractivity contribution < 1.29 is 23.7 Å². The maximum atomic E-state index is 12.8. The Morgan fingerprint density at radius 2 is 1.62 bits per heavy atom. The molecule has 1 aliphatic heterocycles. The lowest BCUT2D eigenvalue weighted by atomic mass is 10.1. The number of piperazine rings is 1. The van der Waals surface area contributed by atoms with Gasteiger partial charge in [0, 0.05) is 24.2 Å². The van der Waals surface area contributed by atoms with Crippen molar-refractivity contribution in [3.8, 4) is 17.2 Å². The van der Waals surface area contributed by atoms with Crippen molar-refractivity contribution in [1.29, 1.82) is 0 Å². The molecular formula is C32H34N2O5. The van der Waals surface area contributed by atoms with Gasteiger partial charge in [0.15, 0.2) is 0 Å². The Morgan fingerprint density at radius 1 is 0.846 bits per heavy atom. The van der Waals surface area contributed by atoms with Crippen LogP contribution in [0.5, 0.6) is 17.2 Å². The minimum absolute atomic E-state index is 0.0224. The predicted molar refractivity (Wildman–Crippen MR) is 153 cm³/mol. The molecule has 1 heterocycles. The highest BCUT2D eigenvalue weighted by atomic mass is 16.5. The molecule has 0 radical (unpaired) electrons. The van der Waals surface area contributed by atoms with Crippen LogP contribution >= 0.6 is 0 Å². The summed E-state index contributed by atoms with van der Waals surface area (Å²) in [6, 6.07) is 29.6. The van der Waals surface area contributed by atoms with Crippen molar-refractivity contribution in [1.82, 2.24) is 5.32 Å². The predicted octanol–water partition coefficient (Wildman–Crippen LogP) is 5.22. The number of nitrogens with one attached hydrogen (secondary N) is 1. The summed E-state index contributed by atoms with van der Waals surface area (Å²) in [5.74, 6) is 2.41. The molecule has 1 atom stereocenters. The average Bonchev–Trinajstić information content (AvgIpc) is 2.98. The number of anilines is 1. The highest BCUT2D eigenvalue weighted by molar-refractivity contribution is 5.96. The zero-order chi connectivity index (χ0) is 26.9. The molecule has 4 aromatic carbocycles. The number of rotatable bonds is 12. The summed E-state index contributed by atoms with van der Waals surface area (Å²) < 4.78 is 23.2. The normalized spacial score (nSPS) is 15.4. The van der Waals surface area contributed by atoms with E-state index in [0.29, 0.717) is 39.5 Å². The van der Waals surface area contributed by atoms with Crippen LogP contribution in [0, 0.1) is 0 Å². The lowest BCUT2D eigenvalue weighted by molar-refractivity contribution is -0.119. The molecule has 1 saturated heterocycles. The van der Waals surface area contributed by atoms with Gasteiger partial charge in [-0.1, -0.05) is 48.5 Å². The number of hydrogen-bond acceptors (Lipinski definition) is 6. The van der Waals surface area contributed by atoms with Gasteiger partial charge in [-0.05, 0) is 53.2 Å². The second kappa shape index (κ2) is 13.1. The fourth-order valence-electron chi connectivity index (χ4n) is 4.72. The molecule has 0 unspecified atom stereocenters. The maximum absolute atomic E-state index is 12.8. The van der Waals surface area contributed by atoms with Crippen LogP contribution in [0.15, 0.2) is 91.0 Å². The Kier molecular flexibility index (Phi) is 8.94. The van der Waals surface area contributed by atoms with Gasteiger partial charge < -0.3 is 29.2 Å². The minimum atomic E-state index is -0.120. The number of carbonyl (C=O) groups is 1. The van der Waals surface area contributed by atoms with E-state index < -0.39 is 0 Å². The third-order valence-electron chi connectivity index (χ3n) is 6.72. The van der Waals surface area contributed by atoms with Gasteiger partial charge in [-0.2, -0.15) is 0 Å². The molecular weight excluding hydrogens is 492 g/mol. The molecule has 1 N–H and O–H groups in total. The van der Waals surface area contributed by atoms with Crippen LogP contribution in [-0.4, -0.2) is 52.0 Å². The van der Waals surface area contributed by atoms with E-state index in [9.17, 15) is 4.79 Å². The number of hydrogen-bond donors (Lipinski definition) is 1. The molecule has 0 aliphatic carbocycles. The number of fused-ring (bicyclic) bond motifs is 1. The highest BCUT2D eigenvalue weighted by Gasteiger charge is 2.29.